The lowest BCUT2D eigenvalue weighted by atomic mass is 10.3. The molecule has 2 aromatic heterocycles. The molecule has 0 bridgehead atoms. The highest BCUT2D eigenvalue weighted by molar-refractivity contribution is 7.11. The third-order valence-corrected chi connectivity index (χ3v) is 4.61. The first-order valence-corrected chi connectivity index (χ1v) is 7.77. The van der Waals surface area contributed by atoms with Crippen molar-refractivity contribution in [1.29, 1.82) is 0 Å². The minimum Gasteiger partial charge on any atom is -0.322 e. The molecular weight excluding hydrogens is 318 g/mol. The van der Waals surface area contributed by atoms with Crippen LogP contribution < -0.4 is 0 Å². The summed E-state index contributed by atoms with van der Waals surface area (Å²) in [4.78, 5) is 6.85. The summed E-state index contributed by atoms with van der Waals surface area (Å²) in [5, 5.41) is 0.0789. The quantitative estimate of drug-likeness (QED) is 0.619. The van der Waals surface area contributed by atoms with E-state index < -0.39 is 5.82 Å². The van der Waals surface area contributed by atoms with Crippen molar-refractivity contribution in [3.63, 3.8) is 0 Å². The zero-order valence-electron chi connectivity index (χ0n) is 10.7. The van der Waals surface area contributed by atoms with Crippen molar-refractivity contribution in [2.24, 2.45) is 0 Å². The Labute approximate surface area is 129 Å². The second-order valence-corrected chi connectivity index (χ2v) is 6.56. The predicted molar refractivity (Wildman–Crippen MR) is 82.4 cm³/mol. The van der Waals surface area contributed by atoms with Crippen molar-refractivity contribution in [2.45, 2.75) is 19.3 Å². The van der Waals surface area contributed by atoms with Crippen LogP contribution in [-0.4, -0.2) is 9.55 Å². The highest BCUT2D eigenvalue weighted by Crippen LogP contribution is 2.26. The van der Waals surface area contributed by atoms with E-state index in [-0.39, 0.29) is 10.9 Å². The largest absolute Gasteiger partial charge is 0.322 e. The number of thiophene rings is 1. The van der Waals surface area contributed by atoms with Crippen LogP contribution in [0.5, 0.6) is 0 Å². The van der Waals surface area contributed by atoms with Gasteiger partial charge in [-0.3, -0.25) is 0 Å². The molecule has 0 unspecified atom stereocenters. The van der Waals surface area contributed by atoms with Crippen LogP contribution in [0.2, 0.25) is 5.02 Å². The Kier molecular flexibility index (Phi) is 3.71. The molecule has 0 aliphatic heterocycles. The van der Waals surface area contributed by atoms with Gasteiger partial charge in [0, 0.05) is 15.8 Å². The fourth-order valence-corrected chi connectivity index (χ4v) is 3.42. The lowest BCUT2D eigenvalue weighted by Crippen LogP contribution is -2.02. The van der Waals surface area contributed by atoms with E-state index in [0.717, 1.165) is 5.82 Å². The molecule has 0 saturated heterocycles. The van der Waals surface area contributed by atoms with Gasteiger partial charge in [0.15, 0.2) is 0 Å². The van der Waals surface area contributed by atoms with Gasteiger partial charge in [-0.05, 0) is 25.1 Å². The number of halogens is 3. The Balaban J connectivity index is 2.14. The molecule has 104 valence electrons. The Morgan fingerprint density at radius 2 is 2.15 bits per heavy atom. The van der Waals surface area contributed by atoms with Gasteiger partial charge in [0.1, 0.15) is 11.6 Å². The van der Waals surface area contributed by atoms with Gasteiger partial charge in [-0.2, -0.15) is 0 Å². The number of nitrogens with zero attached hydrogens (tertiary/aromatic N) is 2. The van der Waals surface area contributed by atoms with E-state index in [1.54, 1.807) is 17.4 Å². The Morgan fingerprint density at radius 1 is 1.35 bits per heavy atom. The molecule has 3 aromatic rings. The van der Waals surface area contributed by atoms with Gasteiger partial charge in [-0.1, -0.05) is 11.6 Å². The summed E-state index contributed by atoms with van der Waals surface area (Å²) in [7, 11) is 0. The number of aromatic nitrogens is 2. The van der Waals surface area contributed by atoms with Crippen molar-refractivity contribution >= 4 is 45.6 Å². The zero-order chi connectivity index (χ0) is 14.3. The zero-order valence-corrected chi connectivity index (χ0v) is 13.0. The lowest BCUT2D eigenvalue weighted by molar-refractivity contribution is 0.628. The number of benzene rings is 1. The first-order chi connectivity index (χ1) is 9.58. The average molecular weight is 329 g/mol. The van der Waals surface area contributed by atoms with Crippen LogP contribution in [-0.2, 0) is 12.4 Å². The minimum atomic E-state index is -0.441. The summed E-state index contributed by atoms with van der Waals surface area (Å²) >= 11 is 13.5. The molecule has 0 radical (unpaired) electrons. The average Bonchev–Trinajstić information content (AvgIpc) is 2.96. The van der Waals surface area contributed by atoms with Crippen LogP contribution in [0.4, 0.5) is 4.39 Å². The molecule has 0 saturated carbocycles. The third kappa shape index (κ3) is 2.43. The molecule has 0 aliphatic rings. The Bertz CT molecular complexity index is 779. The van der Waals surface area contributed by atoms with Gasteiger partial charge in [0.2, 0.25) is 0 Å². The molecule has 6 heteroatoms. The van der Waals surface area contributed by atoms with E-state index in [4.69, 9.17) is 23.2 Å². The molecule has 0 N–H and O–H groups in total. The summed E-state index contributed by atoms with van der Waals surface area (Å²) in [5.41, 5.74) is 1.38. The minimum absolute atomic E-state index is 0.0789. The summed E-state index contributed by atoms with van der Waals surface area (Å²) in [6.07, 6.45) is 0. The van der Waals surface area contributed by atoms with Gasteiger partial charge >= 0.3 is 0 Å². The van der Waals surface area contributed by atoms with Crippen LogP contribution in [0.15, 0.2) is 24.3 Å². The van der Waals surface area contributed by atoms with Gasteiger partial charge < -0.3 is 4.57 Å². The molecule has 20 heavy (non-hydrogen) atoms. The first-order valence-electron chi connectivity index (χ1n) is 6.04. The number of aryl methyl sites for hydroxylation is 1. The van der Waals surface area contributed by atoms with Crippen molar-refractivity contribution in [1.82, 2.24) is 9.55 Å². The van der Waals surface area contributed by atoms with Crippen molar-refractivity contribution < 1.29 is 4.39 Å². The fourth-order valence-electron chi connectivity index (χ4n) is 2.17. The maximum atomic E-state index is 13.7. The molecule has 2 heterocycles. The van der Waals surface area contributed by atoms with Crippen molar-refractivity contribution in [3.05, 3.63) is 50.7 Å². The van der Waals surface area contributed by atoms with E-state index in [1.165, 1.54) is 15.8 Å². The summed E-state index contributed by atoms with van der Waals surface area (Å²) in [5.74, 6) is 0.552. The summed E-state index contributed by atoms with van der Waals surface area (Å²) in [6, 6.07) is 7.09. The molecule has 0 atom stereocenters. The van der Waals surface area contributed by atoms with Gasteiger partial charge in [0.25, 0.3) is 0 Å². The van der Waals surface area contributed by atoms with Gasteiger partial charge in [-0.25, -0.2) is 9.37 Å². The predicted octanol–water partition coefficient (Wildman–Crippen LogP) is 4.99. The molecule has 0 aliphatic carbocycles. The number of alkyl halides is 1. The van der Waals surface area contributed by atoms with Crippen LogP contribution in [0.25, 0.3) is 11.0 Å². The topological polar surface area (TPSA) is 17.8 Å². The smallest absolute Gasteiger partial charge is 0.144 e. The first kappa shape index (κ1) is 13.9. The fraction of sp³-hybridized carbons (Fsp3) is 0.214. The Morgan fingerprint density at radius 3 is 2.80 bits per heavy atom. The van der Waals surface area contributed by atoms with E-state index in [9.17, 15) is 4.39 Å². The monoisotopic (exact) mass is 328 g/mol. The van der Waals surface area contributed by atoms with Gasteiger partial charge in [0.05, 0.1) is 28.5 Å². The highest BCUT2D eigenvalue weighted by atomic mass is 35.5. The van der Waals surface area contributed by atoms with E-state index in [2.05, 4.69) is 24.0 Å². The molecular formula is C14H11Cl2FN2S. The van der Waals surface area contributed by atoms with Crippen LogP contribution >= 0.6 is 34.5 Å². The normalized spacial score (nSPS) is 11.4. The number of hydrogen-bond donors (Lipinski definition) is 0. The van der Waals surface area contributed by atoms with E-state index in [0.29, 0.717) is 17.6 Å². The van der Waals surface area contributed by atoms with Crippen LogP contribution in [0.3, 0.4) is 0 Å². The molecule has 3 rings (SSSR count). The van der Waals surface area contributed by atoms with Crippen molar-refractivity contribution in [2.75, 3.05) is 0 Å². The van der Waals surface area contributed by atoms with Crippen LogP contribution in [0, 0.1) is 12.7 Å². The number of imidazole rings is 1. The van der Waals surface area contributed by atoms with Crippen molar-refractivity contribution in [3.8, 4) is 0 Å². The molecule has 0 spiro atoms. The highest BCUT2D eigenvalue weighted by Gasteiger charge is 2.14. The second-order valence-electron chi connectivity index (χ2n) is 4.52. The maximum Gasteiger partial charge on any atom is 0.144 e. The van der Waals surface area contributed by atoms with E-state index in [1.807, 2.05) is 4.57 Å². The molecule has 0 amide bonds. The standard InChI is InChI=1S/C14H11Cl2FN2S/c1-8-2-3-9(20-8)7-19-13-5-11(17)10(16)4-12(13)18-14(19)6-15/h2-5H,6-7H2,1H3. The summed E-state index contributed by atoms with van der Waals surface area (Å²) in [6.45, 7) is 2.69. The molecule has 0 fully saturated rings. The number of hydrogen-bond acceptors (Lipinski definition) is 2. The number of rotatable bonds is 3. The van der Waals surface area contributed by atoms with E-state index >= 15 is 0 Å². The Hall–Kier alpha value is -1.10. The second kappa shape index (κ2) is 5.35. The SMILES string of the molecule is Cc1ccc(Cn2c(CCl)nc3cc(Cl)c(F)cc32)s1. The maximum absolute atomic E-state index is 13.7. The lowest BCUT2D eigenvalue weighted by Gasteiger charge is -2.06. The number of fused-ring (bicyclic) bond motifs is 1. The van der Waals surface area contributed by atoms with Gasteiger partial charge in [-0.15, -0.1) is 22.9 Å². The molecule has 1 aromatic carbocycles. The van der Waals surface area contributed by atoms with Crippen LogP contribution in [0.1, 0.15) is 15.6 Å². The molecule has 2 nitrogen and oxygen atoms in total. The summed E-state index contributed by atoms with van der Waals surface area (Å²) < 4.78 is 15.6. The third-order valence-electron chi connectivity index (χ3n) is 3.10.